The number of amides is 1. The normalized spacial score (nSPS) is 20.9. The van der Waals surface area contributed by atoms with Crippen LogP contribution < -0.4 is 4.74 Å². The molecule has 1 aliphatic heterocycles. The molecule has 4 rings (SSSR count). The van der Waals surface area contributed by atoms with Crippen LogP contribution in [-0.2, 0) is 15.0 Å². The second-order valence-electron chi connectivity index (χ2n) is 7.77. The summed E-state index contributed by atoms with van der Waals surface area (Å²) in [6.45, 7) is 1.13. The average Bonchev–Trinajstić information content (AvgIpc) is 2.69. The number of hydrogen-bond donors (Lipinski definition) is 0. The number of para-hydroxylation sites is 1. The van der Waals surface area contributed by atoms with Crippen molar-refractivity contribution in [3.05, 3.63) is 65.2 Å². The molecule has 1 saturated heterocycles. The van der Waals surface area contributed by atoms with Crippen molar-refractivity contribution in [2.45, 2.75) is 37.5 Å². The summed E-state index contributed by atoms with van der Waals surface area (Å²) in [4.78, 5) is 27.9. The molecular weight excluding hydrogens is 374 g/mol. The number of likely N-dealkylation sites (tertiary alicyclic amines) is 1. The zero-order chi connectivity index (χ0) is 19.6. The van der Waals surface area contributed by atoms with Crippen LogP contribution in [0.5, 0.6) is 5.75 Å². The minimum Gasteiger partial charge on any atom is -0.426 e. The lowest BCUT2D eigenvalue weighted by Crippen LogP contribution is -2.54. The molecule has 1 aliphatic carbocycles. The number of carbonyl (C=O) groups is 2. The summed E-state index contributed by atoms with van der Waals surface area (Å²) in [5, 5.41) is 0.673. The SMILES string of the molecule is O=C(Oc1ccccc1)C1CCCN(C(=O)C2(c3ccc(Cl)cc3)CCC2)C1. The molecule has 146 valence electrons. The maximum Gasteiger partial charge on any atom is 0.316 e. The lowest BCUT2D eigenvalue weighted by atomic mass is 9.63. The summed E-state index contributed by atoms with van der Waals surface area (Å²) in [5.74, 6) is 0.156. The van der Waals surface area contributed by atoms with Crippen LogP contribution in [-0.4, -0.2) is 29.9 Å². The van der Waals surface area contributed by atoms with E-state index in [0.29, 0.717) is 23.9 Å². The lowest BCUT2D eigenvalue weighted by Gasteiger charge is -2.45. The van der Waals surface area contributed by atoms with E-state index >= 15 is 0 Å². The van der Waals surface area contributed by atoms with Gasteiger partial charge in [0.1, 0.15) is 5.75 Å². The van der Waals surface area contributed by atoms with E-state index in [4.69, 9.17) is 16.3 Å². The van der Waals surface area contributed by atoms with Crippen LogP contribution in [0.2, 0.25) is 5.02 Å². The molecule has 0 aromatic heterocycles. The van der Waals surface area contributed by atoms with Crippen LogP contribution in [0.15, 0.2) is 54.6 Å². The monoisotopic (exact) mass is 397 g/mol. The van der Waals surface area contributed by atoms with E-state index in [1.165, 1.54) is 0 Å². The van der Waals surface area contributed by atoms with Gasteiger partial charge in [0, 0.05) is 18.1 Å². The number of esters is 1. The van der Waals surface area contributed by atoms with Gasteiger partial charge >= 0.3 is 5.97 Å². The maximum absolute atomic E-state index is 13.5. The Balaban J connectivity index is 1.47. The molecule has 1 saturated carbocycles. The molecule has 1 amide bonds. The molecule has 2 aliphatic rings. The summed E-state index contributed by atoms with van der Waals surface area (Å²) in [5.41, 5.74) is 0.567. The van der Waals surface area contributed by atoms with Gasteiger partial charge in [-0.3, -0.25) is 9.59 Å². The first-order valence-electron chi connectivity index (χ1n) is 9.91. The second kappa shape index (κ2) is 7.96. The van der Waals surface area contributed by atoms with Crippen molar-refractivity contribution in [2.24, 2.45) is 5.92 Å². The van der Waals surface area contributed by atoms with E-state index < -0.39 is 5.41 Å². The van der Waals surface area contributed by atoms with E-state index in [1.54, 1.807) is 12.1 Å². The highest BCUT2D eigenvalue weighted by Gasteiger charge is 2.48. The van der Waals surface area contributed by atoms with Crippen molar-refractivity contribution >= 4 is 23.5 Å². The van der Waals surface area contributed by atoms with Crippen LogP contribution in [0, 0.1) is 5.92 Å². The maximum atomic E-state index is 13.5. The van der Waals surface area contributed by atoms with E-state index in [2.05, 4.69) is 0 Å². The first kappa shape index (κ1) is 19.0. The Morgan fingerprint density at radius 3 is 2.36 bits per heavy atom. The molecule has 0 radical (unpaired) electrons. The van der Waals surface area contributed by atoms with Crippen molar-refractivity contribution in [3.8, 4) is 5.75 Å². The number of carbonyl (C=O) groups excluding carboxylic acids is 2. The average molecular weight is 398 g/mol. The van der Waals surface area contributed by atoms with Crippen LogP contribution in [0.25, 0.3) is 0 Å². The minimum atomic E-state index is -0.462. The van der Waals surface area contributed by atoms with Gasteiger partial charge in [-0.1, -0.05) is 48.4 Å². The molecule has 1 unspecified atom stereocenters. The Hall–Kier alpha value is -2.33. The van der Waals surface area contributed by atoms with Crippen molar-refractivity contribution in [3.63, 3.8) is 0 Å². The Labute approximate surface area is 170 Å². The number of nitrogens with zero attached hydrogens (tertiary/aromatic N) is 1. The predicted octanol–water partition coefficient (Wildman–Crippen LogP) is 4.61. The summed E-state index contributed by atoms with van der Waals surface area (Å²) in [7, 11) is 0. The first-order valence-corrected chi connectivity index (χ1v) is 10.3. The number of ether oxygens (including phenoxy) is 1. The Bertz CT molecular complexity index is 846. The van der Waals surface area contributed by atoms with Crippen molar-refractivity contribution in [2.75, 3.05) is 13.1 Å². The van der Waals surface area contributed by atoms with Gasteiger partial charge in [-0.2, -0.15) is 0 Å². The lowest BCUT2D eigenvalue weighted by molar-refractivity contribution is -0.147. The van der Waals surface area contributed by atoms with Crippen molar-refractivity contribution in [1.82, 2.24) is 4.90 Å². The topological polar surface area (TPSA) is 46.6 Å². The third-order valence-corrected chi connectivity index (χ3v) is 6.27. The van der Waals surface area contributed by atoms with E-state index in [-0.39, 0.29) is 17.8 Å². The fourth-order valence-corrected chi connectivity index (χ4v) is 4.40. The standard InChI is InChI=1S/C23H24ClNO3/c24-19-11-9-18(10-12-19)23(13-5-14-23)22(27)25-15-4-6-17(16-25)21(26)28-20-7-2-1-3-8-20/h1-3,7-12,17H,4-6,13-16H2. The molecule has 1 atom stereocenters. The minimum absolute atomic E-state index is 0.137. The van der Waals surface area contributed by atoms with E-state index in [9.17, 15) is 9.59 Å². The van der Waals surface area contributed by atoms with Crippen LogP contribution >= 0.6 is 11.6 Å². The number of benzene rings is 2. The summed E-state index contributed by atoms with van der Waals surface area (Å²) >= 11 is 6.02. The quantitative estimate of drug-likeness (QED) is 0.559. The summed E-state index contributed by atoms with van der Waals surface area (Å²) in [6, 6.07) is 16.7. The number of piperidine rings is 1. The van der Waals surface area contributed by atoms with Gasteiger partial charge < -0.3 is 9.64 Å². The molecule has 1 heterocycles. The second-order valence-corrected chi connectivity index (χ2v) is 8.20. The van der Waals surface area contributed by atoms with E-state index in [0.717, 1.165) is 37.7 Å². The molecule has 0 N–H and O–H groups in total. The Morgan fingerprint density at radius 1 is 1.00 bits per heavy atom. The third kappa shape index (κ3) is 3.66. The van der Waals surface area contributed by atoms with Gasteiger partial charge in [0.25, 0.3) is 0 Å². The molecule has 0 spiro atoms. The third-order valence-electron chi connectivity index (χ3n) is 6.02. The smallest absolute Gasteiger partial charge is 0.316 e. The van der Waals surface area contributed by atoms with Gasteiger partial charge in [-0.05, 0) is 55.5 Å². The van der Waals surface area contributed by atoms with Gasteiger partial charge in [0.05, 0.1) is 11.3 Å². The molecule has 28 heavy (non-hydrogen) atoms. The highest BCUT2D eigenvalue weighted by atomic mass is 35.5. The largest absolute Gasteiger partial charge is 0.426 e. The van der Waals surface area contributed by atoms with Gasteiger partial charge in [0.15, 0.2) is 0 Å². The fraction of sp³-hybridized carbons (Fsp3) is 0.391. The number of rotatable bonds is 4. The molecule has 4 nitrogen and oxygen atoms in total. The zero-order valence-electron chi connectivity index (χ0n) is 15.8. The van der Waals surface area contributed by atoms with Gasteiger partial charge in [-0.25, -0.2) is 0 Å². The highest BCUT2D eigenvalue weighted by molar-refractivity contribution is 6.30. The molecule has 2 aromatic carbocycles. The Morgan fingerprint density at radius 2 is 1.71 bits per heavy atom. The molecule has 2 aromatic rings. The van der Waals surface area contributed by atoms with Gasteiger partial charge in [0.2, 0.25) is 5.91 Å². The number of hydrogen-bond acceptors (Lipinski definition) is 3. The summed E-state index contributed by atoms with van der Waals surface area (Å²) < 4.78 is 5.51. The van der Waals surface area contributed by atoms with Crippen LogP contribution in [0.1, 0.15) is 37.7 Å². The molecule has 5 heteroatoms. The molecule has 0 bridgehead atoms. The van der Waals surface area contributed by atoms with Crippen LogP contribution in [0.4, 0.5) is 0 Å². The van der Waals surface area contributed by atoms with Gasteiger partial charge in [-0.15, -0.1) is 0 Å². The summed E-state index contributed by atoms with van der Waals surface area (Å²) in [6.07, 6.45) is 4.31. The fourth-order valence-electron chi connectivity index (χ4n) is 4.27. The zero-order valence-corrected chi connectivity index (χ0v) is 16.5. The predicted molar refractivity (Wildman–Crippen MR) is 108 cm³/mol. The van der Waals surface area contributed by atoms with Crippen molar-refractivity contribution < 1.29 is 14.3 Å². The Kier molecular flexibility index (Phi) is 5.40. The molecule has 2 fully saturated rings. The van der Waals surface area contributed by atoms with Crippen molar-refractivity contribution in [1.29, 1.82) is 0 Å². The van der Waals surface area contributed by atoms with E-state index in [1.807, 2.05) is 47.4 Å². The first-order chi connectivity index (χ1) is 13.6. The highest BCUT2D eigenvalue weighted by Crippen LogP contribution is 2.46. The van der Waals surface area contributed by atoms with Crippen LogP contribution in [0.3, 0.4) is 0 Å². The number of halogens is 1. The molecular formula is C23H24ClNO3.